The van der Waals surface area contributed by atoms with Gasteiger partial charge in [-0.2, -0.15) is 0 Å². The average Bonchev–Trinajstić information content (AvgIpc) is 2.29. The lowest BCUT2D eigenvalue weighted by Gasteiger charge is -2.28. The molecule has 0 saturated carbocycles. The van der Waals surface area contributed by atoms with Gasteiger partial charge in [-0.1, -0.05) is 29.3 Å². The van der Waals surface area contributed by atoms with Crippen molar-refractivity contribution in [1.29, 1.82) is 0 Å². The molecule has 0 aromatic heterocycles. The SMILES string of the molecule is N[C@H](c1ccc(Cl)cc1Cl)C1CCOCC1. The minimum atomic E-state index is -0.0198. The van der Waals surface area contributed by atoms with Crippen LogP contribution in [0, 0.1) is 5.92 Å². The standard InChI is InChI=1S/C12H15Cl2NO/c13-9-1-2-10(11(14)7-9)12(15)8-3-5-16-6-4-8/h1-2,7-8,12H,3-6,15H2/t12-/m0/s1. The molecule has 1 aliphatic heterocycles. The number of ether oxygens (including phenoxy) is 1. The van der Waals surface area contributed by atoms with Gasteiger partial charge in [0.2, 0.25) is 0 Å². The van der Waals surface area contributed by atoms with Gasteiger partial charge in [-0.25, -0.2) is 0 Å². The van der Waals surface area contributed by atoms with Crippen LogP contribution in [0.2, 0.25) is 10.0 Å². The highest BCUT2D eigenvalue weighted by Gasteiger charge is 2.23. The minimum Gasteiger partial charge on any atom is -0.381 e. The van der Waals surface area contributed by atoms with Gasteiger partial charge in [-0.3, -0.25) is 0 Å². The molecule has 1 fully saturated rings. The largest absolute Gasteiger partial charge is 0.381 e. The summed E-state index contributed by atoms with van der Waals surface area (Å²) in [5.74, 6) is 0.451. The molecule has 1 aliphatic rings. The highest BCUT2D eigenvalue weighted by atomic mass is 35.5. The van der Waals surface area contributed by atoms with Gasteiger partial charge in [0, 0.05) is 29.3 Å². The van der Waals surface area contributed by atoms with Gasteiger partial charge in [0.1, 0.15) is 0 Å². The average molecular weight is 260 g/mol. The molecule has 2 rings (SSSR count). The predicted octanol–water partition coefficient (Wildman–Crippen LogP) is 3.42. The van der Waals surface area contributed by atoms with Crippen molar-refractivity contribution in [2.45, 2.75) is 18.9 Å². The number of benzene rings is 1. The van der Waals surface area contributed by atoms with Crippen molar-refractivity contribution in [2.75, 3.05) is 13.2 Å². The maximum absolute atomic E-state index is 6.24. The van der Waals surface area contributed by atoms with E-state index in [0.29, 0.717) is 16.0 Å². The quantitative estimate of drug-likeness (QED) is 0.884. The summed E-state index contributed by atoms with van der Waals surface area (Å²) >= 11 is 12.0. The molecule has 16 heavy (non-hydrogen) atoms. The Kier molecular flexibility index (Phi) is 4.09. The molecule has 1 aromatic rings. The summed E-state index contributed by atoms with van der Waals surface area (Å²) in [7, 11) is 0. The molecule has 0 unspecified atom stereocenters. The topological polar surface area (TPSA) is 35.2 Å². The van der Waals surface area contributed by atoms with Crippen LogP contribution in [0.25, 0.3) is 0 Å². The number of hydrogen-bond donors (Lipinski definition) is 1. The van der Waals surface area contributed by atoms with Crippen molar-refractivity contribution >= 4 is 23.2 Å². The highest BCUT2D eigenvalue weighted by Crippen LogP contribution is 2.33. The molecule has 0 amide bonds. The van der Waals surface area contributed by atoms with Crippen molar-refractivity contribution in [1.82, 2.24) is 0 Å². The molecule has 0 radical (unpaired) electrons. The Hall–Kier alpha value is -0.280. The van der Waals surface area contributed by atoms with Gasteiger partial charge >= 0.3 is 0 Å². The van der Waals surface area contributed by atoms with Crippen molar-refractivity contribution < 1.29 is 4.74 Å². The van der Waals surface area contributed by atoms with E-state index in [4.69, 9.17) is 33.7 Å². The van der Waals surface area contributed by atoms with E-state index < -0.39 is 0 Å². The van der Waals surface area contributed by atoms with Gasteiger partial charge in [0.05, 0.1) is 0 Å². The lowest BCUT2D eigenvalue weighted by atomic mass is 9.88. The van der Waals surface area contributed by atoms with Gasteiger partial charge in [-0.05, 0) is 36.5 Å². The summed E-state index contributed by atoms with van der Waals surface area (Å²) in [5.41, 5.74) is 7.22. The summed E-state index contributed by atoms with van der Waals surface area (Å²) in [6.07, 6.45) is 2.00. The van der Waals surface area contributed by atoms with E-state index in [1.165, 1.54) is 0 Å². The fraction of sp³-hybridized carbons (Fsp3) is 0.500. The van der Waals surface area contributed by atoms with Crippen LogP contribution >= 0.6 is 23.2 Å². The molecular formula is C12H15Cl2NO. The lowest BCUT2D eigenvalue weighted by molar-refractivity contribution is 0.0584. The molecule has 1 saturated heterocycles. The maximum atomic E-state index is 6.24. The van der Waals surface area contributed by atoms with E-state index >= 15 is 0 Å². The Balaban J connectivity index is 2.15. The summed E-state index contributed by atoms with van der Waals surface area (Å²) < 4.78 is 5.33. The Morgan fingerprint density at radius 2 is 1.94 bits per heavy atom. The summed E-state index contributed by atoms with van der Waals surface area (Å²) in [4.78, 5) is 0. The zero-order chi connectivity index (χ0) is 11.5. The Morgan fingerprint density at radius 3 is 2.56 bits per heavy atom. The molecule has 1 atom stereocenters. The zero-order valence-corrected chi connectivity index (χ0v) is 10.5. The van der Waals surface area contributed by atoms with Crippen LogP contribution in [0.1, 0.15) is 24.4 Å². The number of nitrogens with two attached hydrogens (primary N) is 1. The number of hydrogen-bond acceptors (Lipinski definition) is 2. The first-order valence-corrected chi connectivity index (χ1v) is 6.22. The maximum Gasteiger partial charge on any atom is 0.0469 e. The van der Waals surface area contributed by atoms with Gasteiger partial charge in [0.15, 0.2) is 0 Å². The normalized spacial score (nSPS) is 19.7. The third-order valence-electron chi connectivity index (χ3n) is 3.10. The second kappa shape index (κ2) is 5.37. The first-order valence-electron chi connectivity index (χ1n) is 5.47. The Morgan fingerprint density at radius 1 is 1.25 bits per heavy atom. The van der Waals surface area contributed by atoms with Crippen LogP contribution < -0.4 is 5.73 Å². The van der Waals surface area contributed by atoms with E-state index in [0.717, 1.165) is 31.6 Å². The van der Waals surface area contributed by atoms with Crippen LogP contribution in [-0.2, 0) is 4.74 Å². The first-order chi connectivity index (χ1) is 7.68. The molecule has 2 N–H and O–H groups in total. The van der Waals surface area contributed by atoms with Crippen LogP contribution in [0.3, 0.4) is 0 Å². The van der Waals surface area contributed by atoms with E-state index in [1.807, 2.05) is 12.1 Å². The van der Waals surface area contributed by atoms with Crippen molar-refractivity contribution in [3.05, 3.63) is 33.8 Å². The van der Waals surface area contributed by atoms with Gasteiger partial charge < -0.3 is 10.5 Å². The van der Waals surface area contributed by atoms with E-state index in [2.05, 4.69) is 0 Å². The Bertz CT molecular complexity index is 364. The smallest absolute Gasteiger partial charge is 0.0469 e. The highest BCUT2D eigenvalue weighted by molar-refractivity contribution is 6.35. The molecule has 1 aromatic carbocycles. The minimum absolute atomic E-state index is 0.0198. The first kappa shape index (κ1) is 12.2. The van der Waals surface area contributed by atoms with Gasteiger partial charge in [0.25, 0.3) is 0 Å². The number of rotatable bonds is 2. The summed E-state index contributed by atoms with van der Waals surface area (Å²) in [5, 5.41) is 1.31. The molecule has 0 spiro atoms. The molecule has 0 bridgehead atoms. The predicted molar refractivity (Wildman–Crippen MR) is 66.9 cm³/mol. The molecule has 4 heteroatoms. The second-order valence-electron chi connectivity index (χ2n) is 4.14. The third kappa shape index (κ3) is 2.69. The van der Waals surface area contributed by atoms with Crippen LogP contribution in [-0.4, -0.2) is 13.2 Å². The third-order valence-corrected chi connectivity index (χ3v) is 3.66. The van der Waals surface area contributed by atoms with Crippen LogP contribution in [0.5, 0.6) is 0 Å². The van der Waals surface area contributed by atoms with Crippen LogP contribution in [0.15, 0.2) is 18.2 Å². The van der Waals surface area contributed by atoms with Gasteiger partial charge in [-0.15, -0.1) is 0 Å². The van der Waals surface area contributed by atoms with E-state index in [9.17, 15) is 0 Å². The second-order valence-corrected chi connectivity index (χ2v) is 4.99. The van der Waals surface area contributed by atoms with E-state index in [1.54, 1.807) is 6.07 Å². The fourth-order valence-corrected chi connectivity index (χ4v) is 2.64. The zero-order valence-electron chi connectivity index (χ0n) is 8.96. The molecule has 0 aliphatic carbocycles. The molecule has 1 heterocycles. The van der Waals surface area contributed by atoms with Crippen molar-refractivity contribution in [3.8, 4) is 0 Å². The lowest BCUT2D eigenvalue weighted by Crippen LogP contribution is -2.27. The summed E-state index contributed by atoms with van der Waals surface area (Å²) in [6, 6.07) is 5.48. The van der Waals surface area contributed by atoms with Crippen LogP contribution in [0.4, 0.5) is 0 Å². The van der Waals surface area contributed by atoms with Crippen molar-refractivity contribution in [3.63, 3.8) is 0 Å². The monoisotopic (exact) mass is 259 g/mol. The molecule has 88 valence electrons. The summed E-state index contributed by atoms with van der Waals surface area (Å²) in [6.45, 7) is 1.59. The molecular weight excluding hydrogens is 245 g/mol. The Labute approximate surface area is 106 Å². The van der Waals surface area contributed by atoms with E-state index in [-0.39, 0.29) is 6.04 Å². The molecule has 2 nitrogen and oxygen atoms in total. The number of halogens is 2. The van der Waals surface area contributed by atoms with Crippen molar-refractivity contribution in [2.24, 2.45) is 11.7 Å². The fourth-order valence-electron chi connectivity index (χ4n) is 2.10.